The van der Waals surface area contributed by atoms with Gasteiger partial charge in [0.05, 0.1) is 15.2 Å². The fraction of sp³-hybridized carbons (Fsp3) is 0.133. The number of hydrogen-bond donors (Lipinski definition) is 1. The topological polar surface area (TPSA) is 72.2 Å². The van der Waals surface area contributed by atoms with E-state index in [9.17, 15) is 19.3 Å². The molecule has 2 aromatic rings. The van der Waals surface area contributed by atoms with Crippen molar-refractivity contribution in [1.82, 2.24) is 0 Å². The summed E-state index contributed by atoms with van der Waals surface area (Å²) in [5, 5.41) is 12.7. The number of nitrogens with one attached hydrogen (secondary N) is 1. The van der Waals surface area contributed by atoms with Crippen LogP contribution in [0.15, 0.2) is 47.4 Å². The molecule has 0 radical (unpaired) electrons. The molecule has 1 atom stereocenters. The summed E-state index contributed by atoms with van der Waals surface area (Å²) in [6.07, 6.45) is 0. The van der Waals surface area contributed by atoms with Crippen LogP contribution in [0.3, 0.4) is 0 Å². The van der Waals surface area contributed by atoms with Crippen molar-refractivity contribution in [2.24, 2.45) is 0 Å². The molecule has 2 rings (SSSR count). The summed E-state index contributed by atoms with van der Waals surface area (Å²) >= 11 is 6.92. The molecule has 0 aromatic heterocycles. The van der Waals surface area contributed by atoms with E-state index in [-0.39, 0.29) is 16.6 Å². The van der Waals surface area contributed by atoms with Gasteiger partial charge in [0.1, 0.15) is 5.82 Å². The lowest BCUT2D eigenvalue weighted by Crippen LogP contribution is -2.22. The molecule has 0 unspecified atom stereocenters. The van der Waals surface area contributed by atoms with Crippen molar-refractivity contribution >= 4 is 40.6 Å². The Morgan fingerprint density at radius 2 is 1.96 bits per heavy atom. The average molecular weight is 355 g/mol. The molecule has 23 heavy (non-hydrogen) atoms. The number of thioether (sulfide) groups is 1. The van der Waals surface area contributed by atoms with Crippen molar-refractivity contribution in [2.45, 2.75) is 17.1 Å². The highest BCUT2D eigenvalue weighted by Crippen LogP contribution is 2.26. The second-order valence-corrected chi connectivity index (χ2v) is 6.45. The smallest absolute Gasteiger partial charge is 0.269 e. The molecule has 5 nitrogen and oxygen atoms in total. The van der Waals surface area contributed by atoms with Gasteiger partial charge in [0.2, 0.25) is 5.91 Å². The Balaban J connectivity index is 1.99. The molecule has 1 N–H and O–H groups in total. The lowest BCUT2D eigenvalue weighted by atomic mass is 10.3. The normalized spacial score (nSPS) is 11.8. The Bertz CT molecular complexity index is 740. The highest BCUT2D eigenvalue weighted by Gasteiger charge is 2.16. The number of nitro benzene ring substituents is 1. The number of anilines is 1. The van der Waals surface area contributed by atoms with Crippen LogP contribution in [-0.4, -0.2) is 16.1 Å². The highest BCUT2D eigenvalue weighted by molar-refractivity contribution is 8.00. The number of benzene rings is 2. The third-order valence-corrected chi connectivity index (χ3v) is 4.32. The van der Waals surface area contributed by atoms with Crippen LogP contribution in [0.4, 0.5) is 15.8 Å². The minimum absolute atomic E-state index is 0.00703. The van der Waals surface area contributed by atoms with Gasteiger partial charge in [-0.1, -0.05) is 11.6 Å². The molecule has 0 saturated carbocycles. The Hall–Kier alpha value is -2.12. The van der Waals surface area contributed by atoms with Crippen molar-refractivity contribution in [3.05, 3.63) is 63.4 Å². The van der Waals surface area contributed by atoms with Gasteiger partial charge in [-0.2, -0.15) is 0 Å². The maximum absolute atomic E-state index is 13.1. The van der Waals surface area contributed by atoms with Gasteiger partial charge in [-0.25, -0.2) is 4.39 Å². The minimum Gasteiger partial charge on any atom is -0.325 e. The monoisotopic (exact) mass is 354 g/mol. The van der Waals surface area contributed by atoms with Crippen molar-refractivity contribution < 1.29 is 14.1 Å². The maximum Gasteiger partial charge on any atom is 0.269 e. The lowest BCUT2D eigenvalue weighted by Gasteiger charge is -2.12. The van der Waals surface area contributed by atoms with E-state index in [4.69, 9.17) is 11.6 Å². The van der Waals surface area contributed by atoms with E-state index in [1.165, 1.54) is 42.1 Å². The average Bonchev–Trinajstić information content (AvgIpc) is 2.51. The minimum atomic E-state index is -0.557. The molecule has 0 heterocycles. The maximum atomic E-state index is 13.1. The molecule has 0 saturated heterocycles. The van der Waals surface area contributed by atoms with Crippen LogP contribution in [0.5, 0.6) is 0 Å². The molecule has 2 aromatic carbocycles. The van der Waals surface area contributed by atoms with E-state index in [1.807, 2.05) is 0 Å². The summed E-state index contributed by atoms with van der Waals surface area (Å²) in [4.78, 5) is 23.0. The van der Waals surface area contributed by atoms with E-state index in [0.29, 0.717) is 5.69 Å². The third-order valence-electron chi connectivity index (χ3n) is 2.92. The summed E-state index contributed by atoms with van der Waals surface area (Å²) in [6, 6.07) is 9.86. The van der Waals surface area contributed by atoms with E-state index >= 15 is 0 Å². The summed E-state index contributed by atoms with van der Waals surface area (Å²) in [7, 11) is 0. The number of nitro groups is 1. The highest BCUT2D eigenvalue weighted by atomic mass is 35.5. The summed E-state index contributed by atoms with van der Waals surface area (Å²) in [6.45, 7) is 1.70. The largest absolute Gasteiger partial charge is 0.325 e. The Kier molecular flexibility index (Phi) is 5.57. The first kappa shape index (κ1) is 17.2. The molecule has 0 bridgehead atoms. The number of nitrogens with zero attached hydrogens (tertiary/aromatic N) is 1. The van der Waals surface area contributed by atoms with Gasteiger partial charge in [0.15, 0.2) is 0 Å². The van der Waals surface area contributed by atoms with E-state index in [1.54, 1.807) is 19.1 Å². The molecule has 120 valence electrons. The first-order valence-electron chi connectivity index (χ1n) is 6.54. The standard InChI is InChI=1S/C15H12ClFN2O3S/c1-9(23-12-5-3-11(4-6-12)19(21)22)15(20)18-10-2-7-14(17)13(16)8-10/h2-9H,1H3,(H,18,20)/t9-/m1/s1. The van der Waals surface area contributed by atoms with E-state index in [0.717, 1.165) is 4.90 Å². The molecule has 0 fully saturated rings. The molecule has 8 heteroatoms. The van der Waals surface area contributed by atoms with Gasteiger partial charge in [0.25, 0.3) is 5.69 Å². The van der Waals surface area contributed by atoms with Crippen molar-refractivity contribution in [3.8, 4) is 0 Å². The molecule has 0 aliphatic heterocycles. The number of carbonyl (C=O) groups excluding carboxylic acids is 1. The lowest BCUT2D eigenvalue weighted by molar-refractivity contribution is -0.384. The van der Waals surface area contributed by atoms with Gasteiger partial charge in [-0.3, -0.25) is 14.9 Å². The molecule has 0 aliphatic rings. The number of amides is 1. The zero-order valence-corrected chi connectivity index (χ0v) is 13.5. The SMILES string of the molecule is C[C@@H](Sc1ccc([N+](=O)[O-])cc1)C(=O)Nc1ccc(F)c(Cl)c1. The molecule has 0 aliphatic carbocycles. The van der Waals surface area contributed by atoms with Crippen LogP contribution in [0.25, 0.3) is 0 Å². The van der Waals surface area contributed by atoms with Crippen LogP contribution in [-0.2, 0) is 4.79 Å². The second-order valence-electron chi connectivity index (χ2n) is 4.63. The van der Waals surface area contributed by atoms with E-state index in [2.05, 4.69) is 5.32 Å². The second kappa shape index (κ2) is 7.43. The van der Waals surface area contributed by atoms with Gasteiger partial charge >= 0.3 is 0 Å². The number of non-ortho nitro benzene ring substituents is 1. The van der Waals surface area contributed by atoms with Crippen LogP contribution < -0.4 is 5.32 Å². The van der Waals surface area contributed by atoms with Gasteiger partial charge in [0, 0.05) is 22.7 Å². The van der Waals surface area contributed by atoms with Crippen LogP contribution in [0.1, 0.15) is 6.92 Å². The Morgan fingerprint density at radius 3 is 2.52 bits per heavy atom. The van der Waals surface area contributed by atoms with E-state index < -0.39 is 16.0 Å². The molecule has 0 spiro atoms. The predicted octanol–water partition coefficient (Wildman–Crippen LogP) is 4.51. The van der Waals surface area contributed by atoms with Crippen LogP contribution in [0, 0.1) is 15.9 Å². The fourth-order valence-electron chi connectivity index (χ4n) is 1.72. The van der Waals surface area contributed by atoms with Gasteiger partial charge < -0.3 is 5.32 Å². The zero-order valence-electron chi connectivity index (χ0n) is 12.0. The Morgan fingerprint density at radius 1 is 1.30 bits per heavy atom. The summed E-state index contributed by atoms with van der Waals surface area (Å²) in [5.41, 5.74) is 0.393. The van der Waals surface area contributed by atoms with Gasteiger partial charge in [-0.15, -0.1) is 11.8 Å². The van der Waals surface area contributed by atoms with Crippen LogP contribution in [0.2, 0.25) is 5.02 Å². The number of rotatable bonds is 5. The number of halogens is 2. The Labute approximate surface area is 141 Å². The van der Waals surface area contributed by atoms with Crippen molar-refractivity contribution in [3.63, 3.8) is 0 Å². The first-order chi connectivity index (χ1) is 10.9. The van der Waals surface area contributed by atoms with Crippen molar-refractivity contribution in [2.75, 3.05) is 5.32 Å². The fourth-order valence-corrected chi connectivity index (χ4v) is 2.77. The molecule has 1 amide bonds. The van der Waals surface area contributed by atoms with Crippen molar-refractivity contribution in [1.29, 1.82) is 0 Å². The van der Waals surface area contributed by atoms with Gasteiger partial charge in [-0.05, 0) is 37.3 Å². The zero-order chi connectivity index (χ0) is 17.0. The third kappa shape index (κ3) is 4.67. The summed E-state index contributed by atoms with van der Waals surface area (Å²) in [5.74, 6) is -0.839. The van der Waals surface area contributed by atoms with Crippen LogP contribution >= 0.6 is 23.4 Å². The number of carbonyl (C=O) groups is 1. The predicted molar refractivity (Wildman–Crippen MR) is 88.5 cm³/mol. The molecular formula is C15H12ClFN2O3S. The molecular weight excluding hydrogens is 343 g/mol. The first-order valence-corrected chi connectivity index (χ1v) is 7.79. The summed E-state index contributed by atoms with van der Waals surface area (Å²) < 4.78 is 13.1. The quantitative estimate of drug-likeness (QED) is 0.487. The number of hydrogen-bond acceptors (Lipinski definition) is 4.